The normalized spacial score (nSPS) is 10.2. The summed E-state index contributed by atoms with van der Waals surface area (Å²) in [7, 11) is 0. The monoisotopic (exact) mass is 250 g/mol. The van der Waals surface area contributed by atoms with Crippen molar-refractivity contribution < 1.29 is 9.50 Å². The molecule has 1 heterocycles. The van der Waals surface area contributed by atoms with Gasteiger partial charge in [-0.1, -0.05) is 6.58 Å². The van der Waals surface area contributed by atoms with Crippen LogP contribution in [0.25, 0.3) is 0 Å². The Kier molecular flexibility index (Phi) is 3.39. The number of halogens is 1. The van der Waals surface area contributed by atoms with Gasteiger partial charge in [0.15, 0.2) is 5.13 Å². The van der Waals surface area contributed by atoms with Crippen molar-refractivity contribution in [2.75, 3.05) is 5.32 Å². The minimum Gasteiger partial charge on any atom is -0.513 e. The van der Waals surface area contributed by atoms with Gasteiger partial charge in [0.2, 0.25) is 0 Å². The predicted octanol–water partition coefficient (Wildman–Crippen LogP) is 3.64. The summed E-state index contributed by atoms with van der Waals surface area (Å²) in [4.78, 5) is 4.26. The number of anilines is 2. The lowest BCUT2D eigenvalue weighted by molar-refractivity contribution is 0.400. The van der Waals surface area contributed by atoms with Gasteiger partial charge in [-0.15, -0.1) is 11.3 Å². The van der Waals surface area contributed by atoms with Gasteiger partial charge in [0, 0.05) is 17.5 Å². The van der Waals surface area contributed by atoms with Gasteiger partial charge in [0.1, 0.15) is 5.82 Å². The summed E-state index contributed by atoms with van der Waals surface area (Å²) in [5.74, 6) is -0.185. The van der Waals surface area contributed by atoms with Gasteiger partial charge in [-0.2, -0.15) is 0 Å². The molecule has 0 atom stereocenters. The van der Waals surface area contributed by atoms with Crippen LogP contribution in [0.3, 0.4) is 0 Å². The van der Waals surface area contributed by atoms with Crippen LogP contribution in [-0.2, 0) is 6.42 Å². The molecular formula is C12H11FN2OS. The van der Waals surface area contributed by atoms with Crippen molar-refractivity contribution in [1.29, 1.82) is 0 Å². The highest BCUT2D eigenvalue weighted by atomic mass is 32.1. The maximum Gasteiger partial charge on any atom is 0.187 e. The molecular weight excluding hydrogens is 239 g/mol. The molecule has 0 radical (unpaired) electrons. The van der Waals surface area contributed by atoms with E-state index in [4.69, 9.17) is 5.11 Å². The first-order valence-electron chi connectivity index (χ1n) is 4.97. The van der Waals surface area contributed by atoms with Gasteiger partial charge >= 0.3 is 0 Å². The number of aliphatic hydroxyl groups excluding tert-OH is 1. The van der Waals surface area contributed by atoms with Crippen molar-refractivity contribution in [2.24, 2.45) is 0 Å². The molecule has 5 heteroatoms. The minimum atomic E-state index is -0.271. The third-order valence-electron chi connectivity index (χ3n) is 2.03. The minimum absolute atomic E-state index is 0.0867. The lowest BCUT2D eigenvalue weighted by atomic mass is 10.3. The molecule has 0 fully saturated rings. The summed E-state index contributed by atoms with van der Waals surface area (Å²) in [5.41, 5.74) is 1.53. The second-order valence-corrected chi connectivity index (χ2v) is 4.38. The number of nitrogens with one attached hydrogen (secondary N) is 1. The molecule has 0 saturated heterocycles. The van der Waals surface area contributed by atoms with E-state index in [9.17, 15) is 4.39 Å². The third kappa shape index (κ3) is 3.29. The first kappa shape index (κ1) is 11.6. The Hall–Kier alpha value is -1.88. The summed E-state index contributed by atoms with van der Waals surface area (Å²) in [6.07, 6.45) is 0.349. The number of rotatable bonds is 4. The topological polar surface area (TPSA) is 45.1 Å². The van der Waals surface area contributed by atoms with Crippen LogP contribution in [0.4, 0.5) is 15.2 Å². The molecule has 2 aromatic rings. The molecule has 0 spiro atoms. The Morgan fingerprint density at radius 2 is 2.12 bits per heavy atom. The molecule has 0 unspecified atom stereocenters. The molecule has 88 valence electrons. The highest BCUT2D eigenvalue weighted by Crippen LogP contribution is 2.21. The van der Waals surface area contributed by atoms with Crippen LogP contribution in [0.15, 0.2) is 42.0 Å². The summed E-state index contributed by atoms with van der Waals surface area (Å²) >= 11 is 1.42. The molecule has 2 rings (SSSR count). The number of hydrogen-bond donors (Lipinski definition) is 2. The third-order valence-corrected chi connectivity index (χ3v) is 2.84. The number of nitrogens with zero attached hydrogens (tertiary/aromatic N) is 1. The SMILES string of the molecule is C=C(O)Cc1csc(Nc2ccc(F)cc2)n1. The van der Waals surface area contributed by atoms with Crippen LogP contribution in [0.5, 0.6) is 0 Å². The van der Waals surface area contributed by atoms with Crippen molar-refractivity contribution >= 4 is 22.2 Å². The summed E-state index contributed by atoms with van der Waals surface area (Å²) in [6.45, 7) is 3.41. The van der Waals surface area contributed by atoms with E-state index in [1.54, 1.807) is 12.1 Å². The van der Waals surface area contributed by atoms with Crippen molar-refractivity contribution in [3.63, 3.8) is 0 Å². The zero-order valence-electron chi connectivity index (χ0n) is 8.98. The Balaban J connectivity index is 2.06. The van der Waals surface area contributed by atoms with Crippen LogP contribution in [0.1, 0.15) is 5.69 Å². The van der Waals surface area contributed by atoms with Crippen molar-refractivity contribution in [3.05, 3.63) is 53.5 Å². The van der Waals surface area contributed by atoms with Gasteiger partial charge in [-0.3, -0.25) is 0 Å². The molecule has 3 nitrogen and oxygen atoms in total. The molecule has 1 aromatic carbocycles. The number of allylic oxidation sites excluding steroid dienone is 1. The number of hydrogen-bond acceptors (Lipinski definition) is 4. The van der Waals surface area contributed by atoms with Gasteiger partial charge in [0.25, 0.3) is 0 Å². The second kappa shape index (κ2) is 4.97. The molecule has 0 saturated carbocycles. The van der Waals surface area contributed by atoms with E-state index in [1.807, 2.05) is 5.38 Å². The lowest BCUT2D eigenvalue weighted by Gasteiger charge is -2.01. The Labute approximate surface area is 102 Å². The zero-order chi connectivity index (χ0) is 12.3. The Morgan fingerprint density at radius 3 is 2.76 bits per heavy atom. The molecule has 0 aliphatic heterocycles. The highest BCUT2D eigenvalue weighted by Gasteiger charge is 2.03. The average molecular weight is 250 g/mol. The fourth-order valence-corrected chi connectivity index (χ4v) is 2.04. The first-order valence-corrected chi connectivity index (χ1v) is 5.85. The quantitative estimate of drug-likeness (QED) is 0.814. The zero-order valence-corrected chi connectivity index (χ0v) is 9.80. The molecule has 0 aliphatic carbocycles. The van der Waals surface area contributed by atoms with Crippen molar-refractivity contribution in [3.8, 4) is 0 Å². The van der Waals surface area contributed by atoms with Crippen LogP contribution >= 0.6 is 11.3 Å². The maximum absolute atomic E-state index is 12.7. The van der Waals surface area contributed by atoms with Crippen LogP contribution in [0, 0.1) is 5.82 Å². The van der Waals surface area contributed by atoms with Gasteiger partial charge in [-0.05, 0) is 24.3 Å². The van der Waals surface area contributed by atoms with Crippen LogP contribution < -0.4 is 5.32 Å². The number of thiazole rings is 1. The molecule has 0 bridgehead atoms. The van der Waals surface area contributed by atoms with Crippen LogP contribution in [-0.4, -0.2) is 10.1 Å². The van der Waals surface area contributed by atoms with Gasteiger partial charge < -0.3 is 10.4 Å². The molecule has 0 aliphatic rings. The van der Waals surface area contributed by atoms with E-state index in [2.05, 4.69) is 16.9 Å². The molecule has 0 amide bonds. The summed E-state index contributed by atoms with van der Waals surface area (Å²) < 4.78 is 12.7. The van der Waals surface area contributed by atoms with E-state index in [-0.39, 0.29) is 11.6 Å². The Morgan fingerprint density at radius 1 is 1.41 bits per heavy atom. The number of benzene rings is 1. The molecule has 2 N–H and O–H groups in total. The highest BCUT2D eigenvalue weighted by molar-refractivity contribution is 7.13. The van der Waals surface area contributed by atoms with Crippen molar-refractivity contribution in [2.45, 2.75) is 6.42 Å². The summed E-state index contributed by atoms with van der Waals surface area (Å²) in [5, 5.41) is 14.6. The number of aromatic nitrogens is 1. The molecule has 1 aromatic heterocycles. The fraction of sp³-hybridized carbons (Fsp3) is 0.0833. The fourth-order valence-electron chi connectivity index (χ4n) is 1.31. The van der Waals surface area contributed by atoms with E-state index in [0.29, 0.717) is 11.6 Å². The maximum atomic E-state index is 12.7. The van der Waals surface area contributed by atoms with E-state index in [0.717, 1.165) is 11.4 Å². The predicted molar refractivity (Wildman–Crippen MR) is 67.3 cm³/mol. The van der Waals surface area contributed by atoms with E-state index >= 15 is 0 Å². The molecule has 17 heavy (non-hydrogen) atoms. The smallest absolute Gasteiger partial charge is 0.187 e. The van der Waals surface area contributed by atoms with E-state index < -0.39 is 0 Å². The van der Waals surface area contributed by atoms with E-state index in [1.165, 1.54) is 23.5 Å². The first-order chi connectivity index (χ1) is 8.13. The van der Waals surface area contributed by atoms with Gasteiger partial charge in [-0.25, -0.2) is 9.37 Å². The summed E-state index contributed by atoms with van der Waals surface area (Å²) in [6, 6.07) is 6.04. The van der Waals surface area contributed by atoms with Crippen LogP contribution in [0.2, 0.25) is 0 Å². The average Bonchev–Trinajstić information content (AvgIpc) is 2.68. The largest absolute Gasteiger partial charge is 0.513 e. The second-order valence-electron chi connectivity index (χ2n) is 3.52. The van der Waals surface area contributed by atoms with Gasteiger partial charge in [0.05, 0.1) is 11.5 Å². The lowest BCUT2D eigenvalue weighted by Crippen LogP contribution is -1.92. The Bertz CT molecular complexity index is 522. The standard InChI is InChI=1S/C12H11FN2OS/c1-8(16)6-11-7-17-12(15-11)14-10-4-2-9(13)3-5-10/h2-5,7,16H,1,6H2,(H,14,15). The number of aliphatic hydroxyl groups is 1. The van der Waals surface area contributed by atoms with Crippen molar-refractivity contribution in [1.82, 2.24) is 4.98 Å².